The van der Waals surface area contributed by atoms with Crippen molar-refractivity contribution in [3.63, 3.8) is 0 Å². The van der Waals surface area contributed by atoms with Gasteiger partial charge in [-0.3, -0.25) is 4.98 Å². The van der Waals surface area contributed by atoms with Gasteiger partial charge in [0.1, 0.15) is 5.65 Å². The molecule has 0 saturated heterocycles. The van der Waals surface area contributed by atoms with Crippen LogP contribution in [0.3, 0.4) is 0 Å². The normalized spacial score (nSPS) is 10.9. The number of benzene rings is 2. The molecule has 5 heteroatoms. The van der Waals surface area contributed by atoms with Gasteiger partial charge in [-0.1, -0.05) is 36.4 Å². The van der Waals surface area contributed by atoms with Gasteiger partial charge in [-0.05, 0) is 47.0 Å². The molecule has 0 spiro atoms. The topological polar surface area (TPSA) is 50.4 Å². The highest BCUT2D eigenvalue weighted by molar-refractivity contribution is 5.85. The third-order valence-electron chi connectivity index (χ3n) is 4.78. The molecule has 0 aliphatic carbocycles. The molecule has 0 fully saturated rings. The first-order chi connectivity index (χ1) is 13.3. The number of aliphatic hydroxyl groups is 1. The van der Waals surface area contributed by atoms with E-state index in [9.17, 15) is 5.11 Å². The Morgan fingerprint density at radius 2 is 1.71 bits per heavy atom. The number of aromatic nitrogens is 3. The Hall–Kier alpha value is -3.21. The first-order valence-electron chi connectivity index (χ1n) is 8.84. The summed E-state index contributed by atoms with van der Waals surface area (Å²) < 4.78 is 2.03. The largest absolute Gasteiger partial charge is 0.392 e. The Labute approximate surface area is 168 Å². The zero-order valence-corrected chi connectivity index (χ0v) is 15.8. The third-order valence-corrected chi connectivity index (χ3v) is 4.78. The van der Waals surface area contributed by atoms with Crippen molar-refractivity contribution in [3.8, 4) is 22.4 Å². The van der Waals surface area contributed by atoms with Gasteiger partial charge < -0.3 is 9.51 Å². The highest BCUT2D eigenvalue weighted by atomic mass is 35.5. The first kappa shape index (κ1) is 18.2. The van der Waals surface area contributed by atoms with E-state index in [4.69, 9.17) is 4.98 Å². The average molecular weight is 388 g/mol. The molecule has 5 rings (SSSR count). The van der Waals surface area contributed by atoms with Crippen molar-refractivity contribution in [2.75, 3.05) is 0 Å². The second-order valence-corrected chi connectivity index (χ2v) is 6.58. The lowest BCUT2D eigenvalue weighted by atomic mass is 10.1. The van der Waals surface area contributed by atoms with E-state index in [0.717, 1.165) is 44.5 Å². The van der Waals surface area contributed by atoms with Gasteiger partial charge in [0.25, 0.3) is 0 Å². The van der Waals surface area contributed by atoms with Crippen LogP contribution in [0, 0.1) is 0 Å². The lowest BCUT2D eigenvalue weighted by Gasteiger charge is -2.04. The number of nitrogens with zero attached hydrogens (tertiary/aromatic N) is 3. The van der Waals surface area contributed by atoms with Crippen LogP contribution in [0.1, 0.15) is 5.56 Å². The molecular formula is C23H18ClN3O. The first-order valence-corrected chi connectivity index (χ1v) is 8.84. The van der Waals surface area contributed by atoms with Crippen LogP contribution in [0.5, 0.6) is 0 Å². The fraction of sp³-hybridized carbons (Fsp3) is 0.0435. The molecule has 4 nitrogen and oxygen atoms in total. The number of aliphatic hydroxyl groups excluding tert-OH is 1. The molecule has 0 atom stereocenters. The lowest BCUT2D eigenvalue weighted by molar-refractivity contribution is 0.282. The van der Waals surface area contributed by atoms with Crippen molar-refractivity contribution in [2.45, 2.75) is 6.61 Å². The predicted octanol–water partition coefficient (Wildman–Crippen LogP) is 5.13. The van der Waals surface area contributed by atoms with Crippen molar-refractivity contribution < 1.29 is 5.11 Å². The van der Waals surface area contributed by atoms with E-state index in [0.29, 0.717) is 0 Å². The van der Waals surface area contributed by atoms with Crippen LogP contribution in [-0.2, 0) is 6.61 Å². The molecule has 0 aliphatic heterocycles. The monoisotopic (exact) mass is 387 g/mol. The minimum atomic E-state index is 0. The molecule has 3 heterocycles. The summed E-state index contributed by atoms with van der Waals surface area (Å²) in [6.07, 6.45) is 5.97. The minimum absolute atomic E-state index is 0. The molecule has 0 saturated carbocycles. The summed E-state index contributed by atoms with van der Waals surface area (Å²) in [5.41, 5.74) is 6.83. The maximum atomic E-state index is 9.36. The molecule has 0 radical (unpaired) electrons. The Morgan fingerprint density at radius 1 is 0.821 bits per heavy atom. The number of hydrogen-bond acceptors (Lipinski definition) is 3. The molecule has 138 valence electrons. The Balaban J connectivity index is 0.00000192. The quantitative estimate of drug-likeness (QED) is 0.467. The molecule has 3 aromatic heterocycles. The van der Waals surface area contributed by atoms with Crippen molar-refractivity contribution in [3.05, 3.63) is 90.9 Å². The molecule has 0 aliphatic rings. The number of para-hydroxylation sites is 1. The van der Waals surface area contributed by atoms with E-state index in [1.165, 1.54) is 0 Å². The maximum Gasteiger partial charge on any atom is 0.137 e. The van der Waals surface area contributed by atoms with E-state index in [1.807, 2.05) is 65.3 Å². The summed E-state index contributed by atoms with van der Waals surface area (Å²) in [6, 6.07) is 22.2. The summed E-state index contributed by atoms with van der Waals surface area (Å²) in [5.74, 6) is 0. The minimum Gasteiger partial charge on any atom is -0.392 e. The van der Waals surface area contributed by atoms with E-state index in [1.54, 1.807) is 0 Å². The van der Waals surface area contributed by atoms with Gasteiger partial charge in [0.15, 0.2) is 0 Å². The fourth-order valence-electron chi connectivity index (χ4n) is 3.36. The zero-order chi connectivity index (χ0) is 18.2. The van der Waals surface area contributed by atoms with Gasteiger partial charge in [-0.2, -0.15) is 0 Å². The standard InChI is InChI=1S/C23H17N3O.ClH/c27-15-16-4-3-6-17(10-16)19-8-9-23-25-22(14-26(23)13-19)20-11-18-5-1-2-7-21(18)24-12-20;/h1-14,27H,15H2;1H. The summed E-state index contributed by atoms with van der Waals surface area (Å²) in [6.45, 7) is 0.0419. The van der Waals surface area contributed by atoms with E-state index in [2.05, 4.69) is 29.4 Å². The number of pyridine rings is 2. The van der Waals surface area contributed by atoms with Crippen LogP contribution < -0.4 is 0 Å². The predicted molar refractivity (Wildman–Crippen MR) is 115 cm³/mol. The summed E-state index contributed by atoms with van der Waals surface area (Å²) in [5, 5.41) is 10.5. The van der Waals surface area contributed by atoms with Gasteiger partial charge in [-0.25, -0.2) is 4.98 Å². The smallest absolute Gasteiger partial charge is 0.137 e. The molecule has 2 aromatic carbocycles. The van der Waals surface area contributed by atoms with Crippen molar-refractivity contribution in [2.24, 2.45) is 0 Å². The van der Waals surface area contributed by atoms with Gasteiger partial charge in [0.05, 0.1) is 17.8 Å². The second kappa shape index (κ2) is 7.43. The van der Waals surface area contributed by atoms with Crippen LogP contribution in [0.25, 0.3) is 38.9 Å². The van der Waals surface area contributed by atoms with E-state index in [-0.39, 0.29) is 19.0 Å². The zero-order valence-electron chi connectivity index (χ0n) is 15.0. The average Bonchev–Trinajstić information content (AvgIpc) is 3.17. The number of rotatable bonds is 3. The SMILES string of the molecule is Cl.OCc1cccc(-c2ccc3nc(-c4cnc5ccccc5c4)cn3c2)c1. The maximum absolute atomic E-state index is 9.36. The number of imidazole rings is 1. The molecule has 0 unspecified atom stereocenters. The third kappa shape index (κ3) is 3.24. The van der Waals surface area contributed by atoms with Gasteiger partial charge in [0.2, 0.25) is 0 Å². The number of hydrogen-bond donors (Lipinski definition) is 1. The van der Waals surface area contributed by atoms with E-state index < -0.39 is 0 Å². The van der Waals surface area contributed by atoms with Crippen molar-refractivity contribution >= 4 is 29.0 Å². The van der Waals surface area contributed by atoms with Crippen LogP contribution in [0.4, 0.5) is 0 Å². The van der Waals surface area contributed by atoms with Crippen molar-refractivity contribution in [1.29, 1.82) is 0 Å². The van der Waals surface area contributed by atoms with Gasteiger partial charge in [-0.15, -0.1) is 12.4 Å². The van der Waals surface area contributed by atoms with Gasteiger partial charge >= 0.3 is 0 Å². The molecule has 1 N–H and O–H groups in total. The highest BCUT2D eigenvalue weighted by Crippen LogP contribution is 2.25. The van der Waals surface area contributed by atoms with E-state index >= 15 is 0 Å². The summed E-state index contributed by atoms with van der Waals surface area (Å²) >= 11 is 0. The van der Waals surface area contributed by atoms with Crippen molar-refractivity contribution in [1.82, 2.24) is 14.4 Å². The molecule has 28 heavy (non-hydrogen) atoms. The van der Waals surface area contributed by atoms with Crippen LogP contribution >= 0.6 is 12.4 Å². The second-order valence-electron chi connectivity index (χ2n) is 6.58. The molecule has 0 bridgehead atoms. The molecular weight excluding hydrogens is 370 g/mol. The Morgan fingerprint density at radius 3 is 2.61 bits per heavy atom. The lowest BCUT2D eigenvalue weighted by Crippen LogP contribution is -1.87. The number of fused-ring (bicyclic) bond motifs is 2. The molecule has 0 amide bonds. The summed E-state index contributed by atoms with van der Waals surface area (Å²) in [4.78, 5) is 9.28. The summed E-state index contributed by atoms with van der Waals surface area (Å²) in [7, 11) is 0. The highest BCUT2D eigenvalue weighted by Gasteiger charge is 2.08. The Kier molecular flexibility index (Phi) is 4.82. The van der Waals surface area contributed by atoms with Crippen LogP contribution in [0.15, 0.2) is 85.3 Å². The molecule has 5 aromatic rings. The Bertz CT molecular complexity index is 1280. The number of halogens is 1. The van der Waals surface area contributed by atoms with Gasteiger partial charge in [0, 0.05) is 29.5 Å². The fourth-order valence-corrected chi connectivity index (χ4v) is 3.36. The van der Waals surface area contributed by atoms with Crippen LogP contribution in [-0.4, -0.2) is 19.5 Å². The van der Waals surface area contributed by atoms with Crippen LogP contribution in [0.2, 0.25) is 0 Å².